The molecule has 0 radical (unpaired) electrons. The van der Waals surface area contributed by atoms with Crippen LogP contribution < -0.4 is 16.0 Å². The molecule has 2 atom stereocenters. The summed E-state index contributed by atoms with van der Waals surface area (Å²) in [4.78, 5) is 37.0. The molecule has 0 bridgehead atoms. The summed E-state index contributed by atoms with van der Waals surface area (Å²) < 4.78 is 0. The standard InChI is InChI=1S/C21H23N3O3/c1-14(11-12-15-7-3-2-4-8-15)22-19(25)13-18-21(27)23-17-10-6-5-9-16(17)20(26)24-18/h2-10,14,18H,11-13H2,1H3,(H,22,25)(H,23,27)(H,24,26)/t14-,18-/m1/s1. The van der Waals surface area contributed by atoms with Crippen molar-refractivity contribution >= 4 is 23.4 Å². The summed E-state index contributed by atoms with van der Waals surface area (Å²) >= 11 is 0. The Morgan fingerprint density at radius 2 is 1.78 bits per heavy atom. The third-order valence-corrected chi connectivity index (χ3v) is 4.56. The maximum absolute atomic E-state index is 12.3. The van der Waals surface area contributed by atoms with Gasteiger partial charge in [-0.15, -0.1) is 0 Å². The number of para-hydroxylation sites is 1. The molecule has 1 aliphatic rings. The van der Waals surface area contributed by atoms with E-state index in [0.717, 1.165) is 12.8 Å². The first-order chi connectivity index (χ1) is 13.0. The summed E-state index contributed by atoms with van der Waals surface area (Å²) in [6.45, 7) is 1.93. The maximum atomic E-state index is 12.3. The maximum Gasteiger partial charge on any atom is 0.254 e. The highest BCUT2D eigenvalue weighted by Crippen LogP contribution is 2.18. The fourth-order valence-corrected chi connectivity index (χ4v) is 3.07. The van der Waals surface area contributed by atoms with Crippen LogP contribution in [-0.4, -0.2) is 29.8 Å². The van der Waals surface area contributed by atoms with Gasteiger partial charge in [0, 0.05) is 6.04 Å². The molecule has 0 saturated carbocycles. The number of rotatable bonds is 6. The van der Waals surface area contributed by atoms with Crippen molar-refractivity contribution in [2.75, 3.05) is 5.32 Å². The second-order valence-corrected chi connectivity index (χ2v) is 6.76. The van der Waals surface area contributed by atoms with E-state index < -0.39 is 6.04 Å². The van der Waals surface area contributed by atoms with E-state index in [1.807, 2.05) is 25.1 Å². The van der Waals surface area contributed by atoms with Crippen LogP contribution >= 0.6 is 0 Å². The summed E-state index contributed by atoms with van der Waals surface area (Å²) in [5, 5.41) is 8.25. The van der Waals surface area contributed by atoms with Crippen molar-refractivity contribution in [1.29, 1.82) is 0 Å². The van der Waals surface area contributed by atoms with Gasteiger partial charge in [0.05, 0.1) is 17.7 Å². The lowest BCUT2D eigenvalue weighted by Crippen LogP contribution is -2.45. The van der Waals surface area contributed by atoms with Gasteiger partial charge in [-0.1, -0.05) is 42.5 Å². The first kappa shape index (κ1) is 18.6. The van der Waals surface area contributed by atoms with Crippen molar-refractivity contribution in [3.05, 3.63) is 65.7 Å². The Hall–Kier alpha value is -3.15. The number of benzene rings is 2. The Balaban J connectivity index is 1.53. The van der Waals surface area contributed by atoms with Crippen molar-refractivity contribution in [1.82, 2.24) is 10.6 Å². The minimum absolute atomic E-state index is 0.0283. The Labute approximate surface area is 158 Å². The molecule has 140 valence electrons. The topological polar surface area (TPSA) is 87.3 Å². The van der Waals surface area contributed by atoms with E-state index in [0.29, 0.717) is 11.3 Å². The van der Waals surface area contributed by atoms with Gasteiger partial charge in [0.1, 0.15) is 6.04 Å². The molecular weight excluding hydrogens is 342 g/mol. The van der Waals surface area contributed by atoms with Crippen LogP contribution in [0.3, 0.4) is 0 Å². The molecule has 2 aromatic carbocycles. The predicted octanol–water partition coefficient (Wildman–Crippen LogP) is 2.26. The van der Waals surface area contributed by atoms with Gasteiger partial charge >= 0.3 is 0 Å². The lowest BCUT2D eigenvalue weighted by molar-refractivity contribution is -0.126. The van der Waals surface area contributed by atoms with Gasteiger partial charge in [0.25, 0.3) is 5.91 Å². The van der Waals surface area contributed by atoms with Crippen molar-refractivity contribution < 1.29 is 14.4 Å². The summed E-state index contributed by atoms with van der Waals surface area (Å²) in [6, 6.07) is 15.9. The van der Waals surface area contributed by atoms with Gasteiger partial charge in [-0.25, -0.2) is 0 Å². The van der Waals surface area contributed by atoms with Crippen LogP contribution in [0.15, 0.2) is 54.6 Å². The van der Waals surface area contributed by atoms with Gasteiger partial charge in [0.15, 0.2) is 0 Å². The van der Waals surface area contributed by atoms with Crippen LogP contribution in [0.5, 0.6) is 0 Å². The molecule has 27 heavy (non-hydrogen) atoms. The van der Waals surface area contributed by atoms with Crippen LogP contribution in [-0.2, 0) is 16.0 Å². The molecule has 6 nitrogen and oxygen atoms in total. The fraction of sp³-hybridized carbons (Fsp3) is 0.286. The minimum Gasteiger partial charge on any atom is -0.354 e. The van der Waals surface area contributed by atoms with Crippen molar-refractivity contribution in [2.24, 2.45) is 0 Å². The van der Waals surface area contributed by atoms with E-state index in [4.69, 9.17) is 0 Å². The molecule has 3 N–H and O–H groups in total. The average Bonchev–Trinajstić information content (AvgIpc) is 2.77. The average molecular weight is 365 g/mol. The molecule has 3 rings (SSSR count). The van der Waals surface area contributed by atoms with Gasteiger partial charge in [-0.05, 0) is 37.5 Å². The van der Waals surface area contributed by atoms with E-state index in [1.54, 1.807) is 24.3 Å². The zero-order valence-electron chi connectivity index (χ0n) is 15.2. The number of carbonyl (C=O) groups is 3. The van der Waals surface area contributed by atoms with E-state index >= 15 is 0 Å². The first-order valence-electron chi connectivity index (χ1n) is 9.07. The third kappa shape index (κ3) is 4.94. The van der Waals surface area contributed by atoms with Gasteiger partial charge in [-0.3, -0.25) is 14.4 Å². The predicted molar refractivity (Wildman–Crippen MR) is 103 cm³/mol. The van der Waals surface area contributed by atoms with Crippen LogP contribution in [0.4, 0.5) is 5.69 Å². The van der Waals surface area contributed by atoms with E-state index in [1.165, 1.54) is 5.56 Å². The number of fused-ring (bicyclic) bond motifs is 1. The van der Waals surface area contributed by atoms with E-state index in [2.05, 4.69) is 28.1 Å². The monoisotopic (exact) mass is 365 g/mol. The van der Waals surface area contributed by atoms with Crippen LogP contribution in [0.2, 0.25) is 0 Å². The number of hydrogen-bond acceptors (Lipinski definition) is 3. The second-order valence-electron chi connectivity index (χ2n) is 6.76. The lowest BCUT2D eigenvalue weighted by atomic mass is 10.1. The zero-order chi connectivity index (χ0) is 19.2. The molecule has 2 aromatic rings. The molecule has 0 aliphatic carbocycles. The highest BCUT2D eigenvalue weighted by molar-refractivity contribution is 6.10. The number of carbonyl (C=O) groups excluding carboxylic acids is 3. The molecule has 0 unspecified atom stereocenters. The summed E-state index contributed by atoms with van der Waals surface area (Å²) in [5.41, 5.74) is 2.07. The third-order valence-electron chi connectivity index (χ3n) is 4.56. The molecule has 6 heteroatoms. The largest absolute Gasteiger partial charge is 0.354 e. The lowest BCUT2D eigenvalue weighted by Gasteiger charge is -2.17. The summed E-state index contributed by atoms with van der Waals surface area (Å²) in [7, 11) is 0. The van der Waals surface area contributed by atoms with Crippen molar-refractivity contribution in [3.8, 4) is 0 Å². The van der Waals surface area contributed by atoms with Gasteiger partial charge < -0.3 is 16.0 Å². The van der Waals surface area contributed by atoms with Crippen molar-refractivity contribution in [2.45, 2.75) is 38.3 Å². The molecular formula is C21H23N3O3. The quantitative estimate of drug-likeness (QED) is 0.734. The van der Waals surface area contributed by atoms with Gasteiger partial charge in [-0.2, -0.15) is 0 Å². The normalized spacial score (nSPS) is 17.1. The fourth-order valence-electron chi connectivity index (χ4n) is 3.07. The molecule has 1 aliphatic heterocycles. The number of hydrogen-bond donors (Lipinski definition) is 3. The molecule has 0 fully saturated rings. The molecule has 3 amide bonds. The summed E-state index contributed by atoms with van der Waals surface area (Å²) in [5.74, 6) is -1.01. The number of anilines is 1. The van der Waals surface area contributed by atoms with Gasteiger partial charge in [0.2, 0.25) is 11.8 Å². The highest BCUT2D eigenvalue weighted by atomic mass is 16.2. The highest BCUT2D eigenvalue weighted by Gasteiger charge is 2.29. The van der Waals surface area contributed by atoms with Crippen molar-refractivity contribution in [3.63, 3.8) is 0 Å². The minimum atomic E-state index is -0.897. The van der Waals surface area contributed by atoms with Crippen LogP contribution in [0.25, 0.3) is 0 Å². The van der Waals surface area contributed by atoms with E-state index in [-0.39, 0.29) is 30.2 Å². The molecule has 0 aromatic heterocycles. The van der Waals surface area contributed by atoms with E-state index in [9.17, 15) is 14.4 Å². The number of amides is 3. The number of aryl methyl sites for hydroxylation is 1. The Morgan fingerprint density at radius 3 is 2.56 bits per heavy atom. The SMILES string of the molecule is C[C@H](CCc1ccccc1)NC(=O)C[C@H]1NC(=O)c2ccccc2NC1=O. The zero-order valence-corrected chi connectivity index (χ0v) is 15.2. The van der Waals surface area contributed by atoms with Crippen LogP contribution in [0.1, 0.15) is 35.7 Å². The number of nitrogens with one attached hydrogen (secondary N) is 3. The first-order valence-corrected chi connectivity index (χ1v) is 9.07. The second kappa shape index (κ2) is 8.49. The summed E-state index contributed by atoms with van der Waals surface area (Å²) in [6.07, 6.45) is 1.56. The molecule has 0 saturated heterocycles. The Bertz CT molecular complexity index is 836. The smallest absolute Gasteiger partial charge is 0.254 e. The Kier molecular flexibility index (Phi) is 5.86. The van der Waals surface area contributed by atoms with Crippen LogP contribution in [0, 0.1) is 0 Å². The molecule has 1 heterocycles. The Morgan fingerprint density at radius 1 is 1.07 bits per heavy atom. The molecule has 0 spiro atoms.